The van der Waals surface area contributed by atoms with Crippen molar-refractivity contribution in [2.75, 3.05) is 6.54 Å². The lowest BCUT2D eigenvalue weighted by atomic mass is 9.77. The molecule has 2 atom stereocenters. The van der Waals surface area contributed by atoms with Crippen molar-refractivity contribution in [2.45, 2.75) is 58.1 Å². The molecule has 1 N–H and O–H groups in total. The van der Waals surface area contributed by atoms with Crippen LogP contribution < -0.4 is 10.1 Å². The molecule has 1 saturated carbocycles. The van der Waals surface area contributed by atoms with E-state index in [0.29, 0.717) is 12.1 Å². The molecule has 1 fully saturated rings. The molecular formula is C18H27NO. The molecule has 0 amide bonds. The Kier molecular flexibility index (Phi) is 4.30. The molecule has 1 aliphatic carbocycles. The maximum absolute atomic E-state index is 6.34. The summed E-state index contributed by atoms with van der Waals surface area (Å²) >= 11 is 0. The molecule has 2 aliphatic rings. The van der Waals surface area contributed by atoms with E-state index in [1.165, 1.54) is 31.2 Å². The lowest BCUT2D eigenvalue weighted by Gasteiger charge is -2.39. The minimum atomic E-state index is 0.404. The molecule has 1 aromatic carbocycles. The number of para-hydroxylation sites is 1. The van der Waals surface area contributed by atoms with E-state index in [4.69, 9.17) is 4.74 Å². The molecule has 0 radical (unpaired) electrons. The van der Waals surface area contributed by atoms with Gasteiger partial charge in [-0.25, -0.2) is 0 Å². The maximum atomic E-state index is 6.34. The highest BCUT2D eigenvalue weighted by Crippen LogP contribution is 2.41. The Hall–Kier alpha value is -1.02. The van der Waals surface area contributed by atoms with E-state index in [0.717, 1.165) is 30.6 Å². The van der Waals surface area contributed by atoms with Crippen LogP contribution in [0, 0.1) is 11.8 Å². The van der Waals surface area contributed by atoms with E-state index in [1.807, 2.05) is 0 Å². The Morgan fingerprint density at radius 2 is 1.90 bits per heavy atom. The van der Waals surface area contributed by atoms with Crippen LogP contribution in [0.15, 0.2) is 24.3 Å². The molecule has 1 aromatic rings. The predicted octanol–water partition coefficient (Wildman–Crippen LogP) is 4.31. The van der Waals surface area contributed by atoms with Crippen LogP contribution in [-0.4, -0.2) is 12.6 Å². The summed E-state index contributed by atoms with van der Waals surface area (Å²) < 4.78 is 6.34. The Bertz CT molecular complexity index is 437. The number of hydrogen-bond donors (Lipinski definition) is 1. The molecule has 3 rings (SSSR count). The number of benzene rings is 1. The summed E-state index contributed by atoms with van der Waals surface area (Å²) in [4.78, 5) is 0. The largest absolute Gasteiger partial charge is 0.490 e. The van der Waals surface area contributed by atoms with Crippen LogP contribution in [0.5, 0.6) is 5.75 Å². The second-order valence-electron chi connectivity index (χ2n) is 6.56. The second-order valence-corrected chi connectivity index (χ2v) is 6.56. The lowest BCUT2D eigenvalue weighted by molar-refractivity contribution is 0.0654. The number of ether oxygens (including phenoxy) is 1. The topological polar surface area (TPSA) is 21.3 Å². The van der Waals surface area contributed by atoms with E-state index in [9.17, 15) is 0 Å². The van der Waals surface area contributed by atoms with Crippen molar-refractivity contribution in [2.24, 2.45) is 11.8 Å². The number of hydrogen-bond acceptors (Lipinski definition) is 2. The fraction of sp³-hybridized carbons (Fsp3) is 0.667. The highest BCUT2D eigenvalue weighted by atomic mass is 16.5. The van der Waals surface area contributed by atoms with E-state index >= 15 is 0 Å². The molecule has 110 valence electrons. The van der Waals surface area contributed by atoms with Gasteiger partial charge in [-0.2, -0.15) is 0 Å². The Morgan fingerprint density at radius 1 is 1.15 bits per heavy atom. The van der Waals surface area contributed by atoms with E-state index in [2.05, 4.69) is 43.4 Å². The smallest absolute Gasteiger partial charge is 0.124 e. The van der Waals surface area contributed by atoms with Gasteiger partial charge in [0.05, 0.1) is 0 Å². The van der Waals surface area contributed by atoms with Crippen LogP contribution in [0.4, 0.5) is 0 Å². The zero-order valence-corrected chi connectivity index (χ0v) is 12.8. The third-order valence-electron chi connectivity index (χ3n) is 5.08. The second kappa shape index (κ2) is 6.17. The number of fused-ring (bicyclic) bond motifs is 1. The van der Waals surface area contributed by atoms with Gasteiger partial charge in [0, 0.05) is 18.0 Å². The first kappa shape index (κ1) is 13.9. The predicted molar refractivity (Wildman–Crippen MR) is 83.0 cm³/mol. The van der Waals surface area contributed by atoms with E-state index < -0.39 is 0 Å². The molecule has 0 saturated heterocycles. The van der Waals surface area contributed by atoms with Gasteiger partial charge in [0.15, 0.2) is 0 Å². The van der Waals surface area contributed by atoms with Gasteiger partial charge < -0.3 is 10.1 Å². The highest BCUT2D eigenvalue weighted by molar-refractivity contribution is 5.38. The third-order valence-corrected chi connectivity index (χ3v) is 5.08. The zero-order valence-electron chi connectivity index (χ0n) is 12.8. The van der Waals surface area contributed by atoms with Crippen LogP contribution in [0.25, 0.3) is 0 Å². The van der Waals surface area contributed by atoms with Crippen LogP contribution in [0.3, 0.4) is 0 Å². The van der Waals surface area contributed by atoms with E-state index in [1.54, 1.807) is 0 Å². The van der Waals surface area contributed by atoms with Gasteiger partial charge >= 0.3 is 0 Å². The highest BCUT2D eigenvalue weighted by Gasteiger charge is 2.34. The Balaban J connectivity index is 1.75. The van der Waals surface area contributed by atoms with Crippen molar-refractivity contribution in [3.63, 3.8) is 0 Å². The molecule has 1 aliphatic heterocycles. The first-order valence-corrected chi connectivity index (χ1v) is 8.27. The van der Waals surface area contributed by atoms with Gasteiger partial charge in [0.25, 0.3) is 0 Å². The number of nitrogens with one attached hydrogen (secondary N) is 1. The third kappa shape index (κ3) is 2.85. The minimum Gasteiger partial charge on any atom is -0.490 e. The van der Waals surface area contributed by atoms with Gasteiger partial charge in [-0.05, 0) is 37.3 Å². The van der Waals surface area contributed by atoms with Gasteiger partial charge in [-0.1, -0.05) is 44.9 Å². The first-order valence-electron chi connectivity index (χ1n) is 8.27. The molecule has 2 nitrogen and oxygen atoms in total. The molecule has 1 heterocycles. The van der Waals surface area contributed by atoms with Crippen molar-refractivity contribution < 1.29 is 4.74 Å². The first-order chi connectivity index (χ1) is 9.78. The van der Waals surface area contributed by atoms with Crippen molar-refractivity contribution in [1.82, 2.24) is 5.32 Å². The average molecular weight is 273 g/mol. The average Bonchev–Trinajstić information content (AvgIpc) is 2.48. The van der Waals surface area contributed by atoms with Gasteiger partial charge in [0.1, 0.15) is 11.9 Å². The zero-order chi connectivity index (χ0) is 13.9. The van der Waals surface area contributed by atoms with Crippen LogP contribution in [0.1, 0.15) is 57.6 Å². The van der Waals surface area contributed by atoms with Gasteiger partial charge in [0.2, 0.25) is 0 Å². The van der Waals surface area contributed by atoms with Crippen LogP contribution in [-0.2, 0) is 0 Å². The molecular weight excluding hydrogens is 246 g/mol. The van der Waals surface area contributed by atoms with Crippen molar-refractivity contribution >= 4 is 0 Å². The van der Waals surface area contributed by atoms with Gasteiger partial charge in [-0.3, -0.25) is 0 Å². The van der Waals surface area contributed by atoms with E-state index in [-0.39, 0.29) is 0 Å². The Labute approximate surface area is 122 Å². The minimum absolute atomic E-state index is 0.404. The summed E-state index contributed by atoms with van der Waals surface area (Å²) in [6, 6.07) is 9.02. The summed E-state index contributed by atoms with van der Waals surface area (Å²) in [5.41, 5.74) is 1.34. The van der Waals surface area contributed by atoms with Crippen molar-refractivity contribution in [1.29, 1.82) is 0 Å². The summed E-state index contributed by atoms with van der Waals surface area (Å²) in [7, 11) is 0. The maximum Gasteiger partial charge on any atom is 0.124 e. The molecule has 0 aromatic heterocycles. The molecule has 2 heteroatoms. The van der Waals surface area contributed by atoms with Crippen LogP contribution >= 0.6 is 0 Å². The monoisotopic (exact) mass is 273 g/mol. The van der Waals surface area contributed by atoms with Gasteiger partial charge in [-0.15, -0.1) is 0 Å². The quantitative estimate of drug-likeness (QED) is 0.886. The van der Waals surface area contributed by atoms with Crippen molar-refractivity contribution in [3.8, 4) is 5.75 Å². The summed E-state index contributed by atoms with van der Waals surface area (Å²) in [5, 5.41) is 3.64. The summed E-state index contributed by atoms with van der Waals surface area (Å²) in [6.45, 7) is 5.59. The summed E-state index contributed by atoms with van der Waals surface area (Å²) in [6.07, 6.45) is 6.96. The molecule has 0 spiro atoms. The fourth-order valence-corrected chi connectivity index (χ4v) is 3.83. The van der Waals surface area contributed by atoms with Crippen LogP contribution in [0.2, 0.25) is 0 Å². The summed E-state index contributed by atoms with van der Waals surface area (Å²) in [5.74, 6) is 2.76. The number of rotatable bonds is 3. The molecule has 20 heavy (non-hydrogen) atoms. The SMILES string of the molecule is CCNC1CC(C2CCC(C)CC2)Oc2ccccc21. The van der Waals surface area contributed by atoms with Crippen molar-refractivity contribution in [3.05, 3.63) is 29.8 Å². The molecule has 2 unspecified atom stereocenters. The lowest BCUT2D eigenvalue weighted by Crippen LogP contribution is -2.38. The Morgan fingerprint density at radius 3 is 2.65 bits per heavy atom. The standard InChI is InChI=1S/C18H27NO/c1-3-19-16-12-18(14-10-8-13(2)9-11-14)20-17-7-5-4-6-15(16)17/h4-7,13-14,16,18-19H,3,8-12H2,1-2H3. The normalized spacial score (nSPS) is 33.3. The fourth-order valence-electron chi connectivity index (χ4n) is 3.83. The molecule has 0 bridgehead atoms.